The van der Waals surface area contributed by atoms with E-state index in [0.717, 1.165) is 25.9 Å². The van der Waals surface area contributed by atoms with Gasteiger partial charge in [0.25, 0.3) is 0 Å². The molecule has 4 heteroatoms. The van der Waals surface area contributed by atoms with Crippen molar-refractivity contribution in [1.82, 2.24) is 15.8 Å². The van der Waals surface area contributed by atoms with E-state index in [1.807, 2.05) is 18.2 Å². The minimum absolute atomic E-state index is 0.00416. The lowest BCUT2D eigenvalue weighted by atomic mass is 9.86. The molecule has 0 bridgehead atoms. The summed E-state index contributed by atoms with van der Waals surface area (Å²) >= 11 is 0. The van der Waals surface area contributed by atoms with E-state index in [2.05, 4.69) is 40.0 Å². The molecule has 0 radical (unpaired) electrons. The highest BCUT2D eigenvalue weighted by Crippen LogP contribution is 2.35. The highest BCUT2D eigenvalue weighted by molar-refractivity contribution is 5.80. The monoisotopic (exact) mass is 297 g/mol. The fraction of sp³-hybridized carbons (Fsp3) is 0.500. The number of likely N-dealkylation sites (tertiary alicyclic amines) is 1. The fourth-order valence-electron chi connectivity index (χ4n) is 4.13. The van der Waals surface area contributed by atoms with Gasteiger partial charge in [-0.15, -0.1) is 0 Å². The quantitative estimate of drug-likeness (QED) is 0.819. The zero-order valence-corrected chi connectivity index (χ0v) is 12.7. The Labute approximate surface area is 131 Å². The summed E-state index contributed by atoms with van der Waals surface area (Å²) in [6, 6.07) is 10.4. The molecule has 1 aromatic carbocycles. The Morgan fingerprint density at radius 1 is 1.05 bits per heavy atom. The molecular formula is C18H23N3O. The summed E-state index contributed by atoms with van der Waals surface area (Å²) in [5.74, 6) is 1.65. The molecule has 4 atom stereocenters. The van der Waals surface area contributed by atoms with Crippen molar-refractivity contribution in [2.75, 3.05) is 19.6 Å². The van der Waals surface area contributed by atoms with Crippen LogP contribution < -0.4 is 10.9 Å². The smallest absolute Gasteiger partial charge is 0.229 e. The number of amides is 1. The van der Waals surface area contributed by atoms with Gasteiger partial charge in [-0.1, -0.05) is 42.5 Å². The van der Waals surface area contributed by atoms with Gasteiger partial charge >= 0.3 is 0 Å². The van der Waals surface area contributed by atoms with E-state index in [-0.39, 0.29) is 12.0 Å². The molecule has 2 fully saturated rings. The molecule has 1 aromatic rings. The SMILES string of the molecule is O=C(C1CNNC1c1ccccc1)N1C[C@H]2CC=CC[C@H]2C1. The lowest BCUT2D eigenvalue weighted by Crippen LogP contribution is -2.38. The number of carbonyl (C=O) groups excluding carboxylic acids is 1. The van der Waals surface area contributed by atoms with E-state index < -0.39 is 0 Å². The normalized spacial score (nSPS) is 33.9. The molecular weight excluding hydrogens is 274 g/mol. The van der Waals surface area contributed by atoms with Crippen LogP contribution in [0, 0.1) is 17.8 Å². The van der Waals surface area contributed by atoms with Gasteiger partial charge in [-0.2, -0.15) is 0 Å². The first kappa shape index (κ1) is 14.0. The summed E-state index contributed by atoms with van der Waals surface area (Å²) in [5.41, 5.74) is 7.64. The van der Waals surface area contributed by atoms with Crippen LogP contribution in [0.3, 0.4) is 0 Å². The third-order valence-corrected chi connectivity index (χ3v) is 5.39. The molecule has 1 amide bonds. The van der Waals surface area contributed by atoms with Crippen LogP contribution in [-0.2, 0) is 4.79 Å². The topological polar surface area (TPSA) is 44.4 Å². The van der Waals surface area contributed by atoms with Gasteiger partial charge < -0.3 is 4.90 Å². The Bertz CT molecular complexity index is 555. The van der Waals surface area contributed by atoms with Crippen LogP contribution in [0.2, 0.25) is 0 Å². The maximum absolute atomic E-state index is 13.0. The molecule has 0 spiro atoms. The molecule has 0 saturated carbocycles. The molecule has 2 heterocycles. The zero-order valence-electron chi connectivity index (χ0n) is 12.7. The number of hydrogen-bond acceptors (Lipinski definition) is 3. The molecule has 2 saturated heterocycles. The van der Waals surface area contributed by atoms with E-state index in [9.17, 15) is 4.79 Å². The molecule has 0 aromatic heterocycles. The summed E-state index contributed by atoms with van der Waals surface area (Å²) < 4.78 is 0. The van der Waals surface area contributed by atoms with Crippen LogP contribution in [0.15, 0.2) is 42.5 Å². The van der Waals surface area contributed by atoms with Gasteiger partial charge in [-0.3, -0.25) is 10.2 Å². The number of rotatable bonds is 2. The average molecular weight is 297 g/mol. The van der Waals surface area contributed by atoms with E-state index in [4.69, 9.17) is 0 Å². The second-order valence-corrected chi connectivity index (χ2v) is 6.73. The van der Waals surface area contributed by atoms with E-state index >= 15 is 0 Å². The number of nitrogens with one attached hydrogen (secondary N) is 2. The first-order valence-corrected chi connectivity index (χ1v) is 8.30. The van der Waals surface area contributed by atoms with E-state index in [1.54, 1.807) is 0 Å². The van der Waals surface area contributed by atoms with Crippen LogP contribution in [-0.4, -0.2) is 30.4 Å². The number of benzene rings is 1. The van der Waals surface area contributed by atoms with Gasteiger partial charge in [-0.25, -0.2) is 5.43 Å². The van der Waals surface area contributed by atoms with Crippen LogP contribution >= 0.6 is 0 Å². The fourth-order valence-corrected chi connectivity index (χ4v) is 4.13. The Balaban J connectivity index is 1.48. The Hall–Kier alpha value is -1.65. The highest BCUT2D eigenvalue weighted by atomic mass is 16.2. The molecule has 22 heavy (non-hydrogen) atoms. The predicted octanol–water partition coefficient (Wildman–Crippen LogP) is 1.88. The molecule has 2 N–H and O–H groups in total. The third-order valence-electron chi connectivity index (χ3n) is 5.39. The molecule has 2 unspecified atom stereocenters. The maximum Gasteiger partial charge on any atom is 0.229 e. The minimum atomic E-state index is -0.00416. The van der Waals surface area contributed by atoms with Crippen LogP contribution in [0.25, 0.3) is 0 Å². The van der Waals surface area contributed by atoms with Gasteiger partial charge in [0, 0.05) is 19.6 Å². The zero-order chi connectivity index (χ0) is 14.9. The number of hydrazine groups is 1. The summed E-state index contributed by atoms with van der Waals surface area (Å²) in [6.07, 6.45) is 6.83. The van der Waals surface area contributed by atoms with Crippen molar-refractivity contribution < 1.29 is 4.79 Å². The summed E-state index contributed by atoms with van der Waals surface area (Å²) in [5, 5.41) is 0. The van der Waals surface area contributed by atoms with Crippen LogP contribution in [0.1, 0.15) is 24.4 Å². The number of nitrogens with zero attached hydrogens (tertiary/aromatic N) is 1. The molecule has 3 aliphatic rings. The molecule has 2 aliphatic heterocycles. The predicted molar refractivity (Wildman–Crippen MR) is 85.7 cm³/mol. The number of fused-ring (bicyclic) bond motifs is 1. The van der Waals surface area contributed by atoms with Gasteiger partial charge in [0.05, 0.1) is 12.0 Å². The van der Waals surface area contributed by atoms with Gasteiger partial charge in [0.1, 0.15) is 0 Å². The second-order valence-electron chi connectivity index (χ2n) is 6.73. The molecule has 4 nitrogen and oxygen atoms in total. The summed E-state index contributed by atoms with van der Waals surface area (Å²) in [4.78, 5) is 15.1. The number of carbonyl (C=O) groups is 1. The van der Waals surface area contributed by atoms with Gasteiger partial charge in [-0.05, 0) is 30.2 Å². The lowest BCUT2D eigenvalue weighted by molar-refractivity contribution is -0.134. The maximum atomic E-state index is 13.0. The summed E-state index contributed by atoms with van der Waals surface area (Å²) in [6.45, 7) is 2.58. The standard InChI is InChI=1S/C18H23N3O/c22-18(21-11-14-8-4-5-9-15(14)12-21)16-10-19-20-17(16)13-6-2-1-3-7-13/h1-7,14-17,19-20H,8-12H2/t14-,15+,16?,17?. The minimum Gasteiger partial charge on any atom is -0.342 e. The molecule has 116 valence electrons. The number of allylic oxidation sites excluding steroid dienone is 2. The van der Waals surface area contributed by atoms with Gasteiger partial charge in [0.15, 0.2) is 0 Å². The Kier molecular flexibility index (Phi) is 3.72. The van der Waals surface area contributed by atoms with Crippen LogP contribution in [0.4, 0.5) is 0 Å². The first-order chi connectivity index (χ1) is 10.8. The van der Waals surface area contributed by atoms with Crippen molar-refractivity contribution in [3.8, 4) is 0 Å². The van der Waals surface area contributed by atoms with Crippen molar-refractivity contribution in [3.63, 3.8) is 0 Å². The second kappa shape index (κ2) is 5.86. The third kappa shape index (κ3) is 2.46. The van der Waals surface area contributed by atoms with Crippen molar-refractivity contribution in [3.05, 3.63) is 48.0 Å². The van der Waals surface area contributed by atoms with Crippen molar-refractivity contribution in [1.29, 1.82) is 0 Å². The Morgan fingerprint density at radius 2 is 1.73 bits per heavy atom. The van der Waals surface area contributed by atoms with Crippen molar-refractivity contribution in [2.24, 2.45) is 17.8 Å². The van der Waals surface area contributed by atoms with Gasteiger partial charge in [0.2, 0.25) is 5.91 Å². The highest BCUT2D eigenvalue weighted by Gasteiger charge is 2.41. The molecule has 1 aliphatic carbocycles. The van der Waals surface area contributed by atoms with Crippen molar-refractivity contribution >= 4 is 5.91 Å². The largest absolute Gasteiger partial charge is 0.342 e. The van der Waals surface area contributed by atoms with Crippen molar-refractivity contribution in [2.45, 2.75) is 18.9 Å². The number of hydrogen-bond donors (Lipinski definition) is 2. The first-order valence-electron chi connectivity index (χ1n) is 8.30. The van der Waals surface area contributed by atoms with Crippen LogP contribution in [0.5, 0.6) is 0 Å². The average Bonchev–Trinajstić information content (AvgIpc) is 3.21. The van der Waals surface area contributed by atoms with E-state index in [1.165, 1.54) is 5.56 Å². The summed E-state index contributed by atoms with van der Waals surface area (Å²) in [7, 11) is 0. The lowest BCUT2D eigenvalue weighted by Gasteiger charge is -2.24. The Morgan fingerprint density at radius 3 is 2.41 bits per heavy atom. The molecule has 4 rings (SSSR count). The van der Waals surface area contributed by atoms with E-state index in [0.29, 0.717) is 24.3 Å².